The third-order valence-corrected chi connectivity index (χ3v) is 5.30. The van der Waals surface area contributed by atoms with Crippen molar-refractivity contribution in [3.8, 4) is 0 Å². The molecule has 0 aliphatic carbocycles. The summed E-state index contributed by atoms with van der Waals surface area (Å²) in [5, 5.41) is 4.21. The molecular weight excluding hydrogens is 349 g/mol. The molecule has 1 aliphatic heterocycles. The first-order chi connectivity index (χ1) is 12.7. The van der Waals surface area contributed by atoms with Crippen LogP contribution in [0.15, 0.2) is 54.6 Å². The van der Waals surface area contributed by atoms with Crippen LogP contribution in [0.5, 0.6) is 0 Å². The summed E-state index contributed by atoms with van der Waals surface area (Å²) >= 11 is 1.86. The van der Waals surface area contributed by atoms with Crippen molar-refractivity contribution in [2.45, 2.75) is 0 Å². The number of rotatable bonds is 3. The maximum absolute atomic E-state index is 13.2. The number of aromatic nitrogens is 1. The van der Waals surface area contributed by atoms with E-state index in [1.807, 2.05) is 40.9 Å². The van der Waals surface area contributed by atoms with Crippen LogP contribution in [0.3, 0.4) is 0 Å². The highest BCUT2D eigenvalue weighted by molar-refractivity contribution is 7.99. The molecule has 2 heterocycles. The number of halogens is 1. The Labute approximate surface area is 155 Å². The van der Waals surface area contributed by atoms with E-state index in [1.165, 1.54) is 12.1 Å². The van der Waals surface area contributed by atoms with Crippen molar-refractivity contribution < 1.29 is 9.18 Å². The minimum absolute atomic E-state index is 0.0433. The van der Waals surface area contributed by atoms with Crippen LogP contribution < -0.4 is 5.32 Å². The molecule has 0 saturated carbocycles. The number of thioether (sulfide) groups is 1. The molecule has 0 atom stereocenters. The monoisotopic (exact) mass is 367 g/mol. The number of nitrogens with zero attached hydrogens (tertiary/aromatic N) is 2. The van der Waals surface area contributed by atoms with E-state index in [9.17, 15) is 9.18 Å². The van der Waals surface area contributed by atoms with Crippen molar-refractivity contribution in [2.24, 2.45) is 0 Å². The van der Waals surface area contributed by atoms with Crippen LogP contribution in [0.25, 0.3) is 10.9 Å². The van der Waals surface area contributed by atoms with E-state index in [0.717, 1.165) is 46.9 Å². The molecule has 1 N–H and O–H groups in total. The Bertz CT molecular complexity index is 939. The smallest absolute Gasteiger partial charge is 0.272 e. The lowest BCUT2D eigenvalue weighted by Gasteiger charge is -2.26. The van der Waals surface area contributed by atoms with Crippen molar-refractivity contribution in [2.75, 3.05) is 29.9 Å². The minimum Gasteiger partial charge on any atom is -0.355 e. The number of hydrogen-bond donors (Lipinski definition) is 1. The number of amides is 1. The molecule has 26 heavy (non-hydrogen) atoms. The SMILES string of the molecule is O=C(c1cc(Nc2ccc(F)cc2)c2ccccc2n1)N1CCSCC1. The number of benzene rings is 2. The van der Waals surface area contributed by atoms with E-state index in [1.54, 1.807) is 18.2 Å². The zero-order valence-corrected chi connectivity index (χ0v) is 14.9. The van der Waals surface area contributed by atoms with Gasteiger partial charge in [0.1, 0.15) is 11.5 Å². The molecule has 0 spiro atoms. The van der Waals surface area contributed by atoms with Crippen LogP contribution in [0, 0.1) is 5.82 Å². The van der Waals surface area contributed by atoms with Gasteiger partial charge in [-0.3, -0.25) is 4.79 Å². The molecule has 6 heteroatoms. The number of carbonyl (C=O) groups excluding carboxylic acids is 1. The van der Waals surface area contributed by atoms with Gasteiger partial charge in [-0.1, -0.05) is 18.2 Å². The molecule has 132 valence electrons. The summed E-state index contributed by atoms with van der Waals surface area (Å²) in [5.41, 5.74) is 2.74. The predicted octanol–water partition coefficient (Wildman–Crippen LogP) is 4.31. The van der Waals surface area contributed by atoms with Crippen molar-refractivity contribution in [3.63, 3.8) is 0 Å². The van der Waals surface area contributed by atoms with Crippen molar-refractivity contribution in [1.82, 2.24) is 9.88 Å². The van der Waals surface area contributed by atoms with Crippen molar-refractivity contribution >= 4 is 39.9 Å². The maximum atomic E-state index is 13.2. The first-order valence-electron chi connectivity index (χ1n) is 8.50. The molecule has 0 unspecified atom stereocenters. The fraction of sp³-hybridized carbons (Fsp3) is 0.200. The second-order valence-electron chi connectivity index (χ2n) is 6.11. The van der Waals surface area contributed by atoms with E-state index in [0.29, 0.717) is 5.69 Å². The molecule has 2 aromatic carbocycles. The van der Waals surface area contributed by atoms with E-state index >= 15 is 0 Å². The molecule has 1 amide bonds. The Morgan fingerprint density at radius 3 is 2.58 bits per heavy atom. The van der Waals surface area contributed by atoms with E-state index < -0.39 is 0 Å². The summed E-state index contributed by atoms with van der Waals surface area (Å²) in [6, 6.07) is 15.6. The summed E-state index contributed by atoms with van der Waals surface area (Å²) < 4.78 is 13.2. The Morgan fingerprint density at radius 1 is 1.08 bits per heavy atom. The van der Waals surface area contributed by atoms with Gasteiger partial charge in [-0.05, 0) is 36.4 Å². The van der Waals surface area contributed by atoms with Crippen molar-refractivity contribution in [1.29, 1.82) is 0 Å². The van der Waals surface area contributed by atoms with Gasteiger partial charge in [0.05, 0.1) is 11.2 Å². The zero-order valence-electron chi connectivity index (χ0n) is 14.1. The molecular formula is C20H18FN3OS. The average molecular weight is 367 g/mol. The number of hydrogen-bond acceptors (Lipinski definition) is 4. The Morgan fingerprint density at radius 2 is 1.81 bits per heavy atom. The topological polar surface area (TPSA) is 45.2 Å². The van der Waals surface area contributed by atoms with Gasteiger partial charge in [0.2, 0.25) is 0 Å². The number of nitrogens with one attached hydrogen (secondary N) is 1. The lowest BCUT2D eigenvalue weighted by Crippen LogP contribution is -2.38. The van der Waals surface area contributed by atoms with Crippen LogP contribution in [-0.4, -0.2) is 40.4 Å². The van der Waals surface area contributed by atoms with Gasteiger partial charge in [0.25, 0.3) is 5.91 Å². The molecule has 1 fully saturated rings. The summed E-state index contributed by atoms with van der Waals surface area (Å²) in [4.78, 5) is 19.3. The molecule has 4 rings (SSSR count). The highest BCUT2D eigenvalue weighted by atomic mass is 32.2. The molecule has 4 nitrogen and oxygen atoms in total. The largest absolute Gasteiger partial charge is 0.355 e. The van der Waals surface area contributed by atoms with Gasteiger partial charge in [-0.2, -0.15) is 11.8 Å². The Balaban J connectivity index is 1.73. The average Bonchev–Trinajstić information content (AvgIpc) is 2.69. The molecule has 3 aromatic rings. The second-order valence-corrected chi connectivity index (χ2v) is 7.33. The number of carbonyl (C=O) groups is 1. The minimum atomic E-state index is -0.283. The molecule has 0 bridgehead atoms. The second kappa shape index (κ2) is 7.33. The highest BCUT2D eigenvalue weighted by Crippen LogP contribution is 2.27. The lowest BCUT2D eigenvalue weighted by molar-refractivity contribution is 0.0767. The fourth-order valence-electron chi connectivity index (χ4n) is 3.01. The van der Waals surface area contributed by atoms with Gasteiger partial charge in [-0.25, -0.2) is 9.37 Å². The van der Waals surface area contributed by atoms with E-state index in [4.69, 9.17) is 0 Å². The summed E-state index contributed by atoms with van der Waals surface area (Å²) in [7, 11) is 0. The predicted molar refractivity (Wildman–Crippen MR) is 105 cm³/mol. The fourth-order valence-corrected chi connectivity index (χ4v) is 3.91. The van der Waals surface area contributed by atoms with Crippen LogP contribution in [0.2, 0.25) is 0 Å². The molecule has 0 radical (unpaired) electrons. The quantitative estimate of drug-likeness (QED) is 0.749. The van der Waals surface area contributed by atoms with Crippen molar-refractivity contribution in [3.05, 3.63) is 66.1 Å². The van der Waals surface area contributed by atoms with Crippen LogP contribution in [0.1, 0.15) is 10.5 Å². The lowest BCUT2D eigenvalue weighted by atomic mass is 10.1. The number of anilines is 2. The van der Waals surface area contributed by atoms with E-state index in [-0.39, 0.29) is 11.7 Å². The van der Waals surface area contributed by atoms with Gasteiger partial charge in [-0.15, -0.1) is 0 Å². The number of pyridine rings is 1. The van der Waals surface area contributed by atoms with Gasteiger partial charge in [0, 0.05) is 35.7 Å². The third kappa shape index (κ3) is 3.51. The van der Waals surface area contributed by atoms with Crippen LogP contribution >= 0.6 is 11.8 Å². The van der Waals surface area contributed by atoms with Crippen LogP contribution in [0.4, 0.5) is 15.8 Å². The third-order valence-electron chi connectivity index (χ3n) is 4.36. The summed E-state index contributed by atoms with van der Waals surface area (Å²) in [6.07, 6.45) is 0. The van der Waals surface area contributed by atoms with Gasteiger partial charge < -0.3 is 10.2 Å². The normalized spacial score (nSPS) is 14.4. The van der Waals surface area contributed by atoms with E-state index in [2.05, 4.69) is 10.3 Å². The number of para-hydroxylation sites is 1. The summed E-state index contributed by atoms with van der Waals surface area (Å²) in [5.74, 6) is 1.59. The van der Waals surface area contributed by atoms with Gasteiger partial charge >= 0.3 is 0 Å². The molecule has 1 aliphatic rings. The standard InChI is InChI=1S/C20H18FN3OS/c21-14-5-7-15(8-6-14)22-18-13-19(20(25)24-9-11-26-12-10-24)23-17-4-2-1-3-16(17)18/h1-8,13H,9-12H2,(H,22,23). The molecule has 1 aromatic heterocycles. The maximum Gasteiger partial charge on any atom is 0.272 e. The Kier molecular flexibility index (Phi) is 4.75. The highest BCUT2D eigenvalue weighted by Gasteiger charge is 2.21. The molecule has 1 saturated heterocycles. The first kappa shape index (κ1) is 16.8. The van der Waals surface area contributed by atoms with Gasteiger partial charge in [0.15, 0.2) is 0 Å². The summed E-state index contributed by atoms with van der Waals surface area (Å²) in [6.45, 7) is 1.50. The Hall–Kier alpha value is -2.60. The first-order valence-corrected chi connectivity index (χ1v) is 9.65. The zero-order chi connectivity index (χ0) is 17.9. The van der Waals surface area contributed by atoms with Crippen LogP contribution in [-0.2, 0) is 0 Å². The number of fused-ring (bicyclic) bond motifs is 1.